The zero-order chi connectivity index (χ0) is 19.3. The highest BCUT2D eigenvalue weighted by atomic mass is 16.5. The van der Waals surface area contributed by atoms with E-state index in [4.69, 9.17) is 4.74 Å². The van der Waals surface area contributed by atoms with Crippen molar-refractivity contribution in [2.45, 2.75) is 52.5 Å². The van der Waals surface area contributed by atoms with Gasteiger partial charge in [-0.15, -0.1) is 0 Å². The summed E-state index contributed by atoms with van der Waals surface area (Å²) in [4.78, 5) is 14.8. The van der Waals surface area contributed by atoms with Gasteiger partial charge in [0.05, 0.1) is 13.2 Å². The van der Waals surface area contributed by atoms with Crippen LogP contribution in [0.15, 0.2) is 24.3 Å². The second-order valence-corrected chi connectivity index (χ2v) is 8.92. The second kappa shape index (κ2) is 8.90. The summed E-state index contributed by atoms with van der Waals surface area (Å²) in [5, 5.41) is 3.20. The molecule has 146 valence electrons. The van der Waals surface area contributed by atoms with E-state index in [1.165, 1.54) is 0 Å². The molecule has 0 aliphatic heterocycles. The molecule has 1 aromatic carbocycles. The van der Waals surface area contributed by atoms with E-state index in [9.17, 15) is 4.79 Å². The van der Waals surface area contributed by atoms with E-state index in [0.717, 1.165) is 42.9 Å². The molecule has 1 fully saturated rings. The van der Waals surface area contributed by atoms with Gasteiger partial charge in [0.15, 0.2) is 0 Å². The van der Waals surface area contributed by atoms with E-state index < -0.39 is 0 Å². The molecule has 2 rings (SSSR count). The normalized spacial score (nSPS) is 22.1. The van der Waals surface area contributed by atoms with E-state index in [1.807, 2.05) is 32.3 Å². The largest absolute Gasteiger partial charge is 0.497 e. The van der Waals surface area contributed by atoms with Crippen LogP contribution in [0.2, 0.25) is 0 Å². The number of hydrogen-bond acceptors (Lipinski definition) is 3. The number of nitrogens with zero attached hydrogens (tertiary/aromatic N) is 1. The Morgan fingerprint density at radius 3 is 2.42 bits per heavy atom. The molecule has 0 radical (unpaired) electrons. The Morgan fingerprint density at radius 2 is 1.88 bits per heavy atom. The van der Waals surface area contributed by atoms with Gasteiger partial charge in [0.25, 0.3) is 0 Å². The molecule has 4 nitrogen and oxygen atoms in total. The maximum atomic E-state index is 12.7. The van der Waals surface area contributed by atoms with Gasteiger partial charge < -0.3 is 15.0 Å². The molecule has 0 saturated heterocycles. The molecule has 0 spiro atoms. The lowest BCUT2D eigenvalue weighted by Crippen LogP contribution is -2.39. The zero-order valence-electron chi connectivity index (χ0n) is 17.3. The molecular weight excluding hydrogens is 324 g/mol. The summed E-state index contributed by atoms with van der Waals surface area (Å²) in [7, 11) is 5.77. The molecule has 0 unspecified atom stereocenters. The van der Waals surface area contributed by atoms with Gasteiger partial charge in [-0.3, -0.25) is 4.79 Å². The van der Waals surface area contributed by atoms with Crippen LogP contribution < -0.4 is 10.1 Å². The number of likely N-dealkylation sites (N-methyl/N-ethyl adjacent to an activating group) is 1. The lowest BCUT2D eigenvalue weighted by molar-refractivity contribution is -0.126. The number of methoxy groups -OCH3 is 1. The first-order chi connectivity index (χ1) is 12.2. The first kappa shape index (κ1) is 20.8. The van der Waals surface area contributed by atoms with Crippen LogP contribution in [0.3, 0.4) is 0 Å². The maximum Gasteiger partial charge on any atom is 0.223 e. The lowest BCUT2D eigenvalue weighted by atomic mass is 9.69. The Kier molecular flexibility index (Phi) is 7.10. The SMILES string of the molecule is COc1cccc([C@@H](CNC(=O)C2CCC(C(C)(C)C)CC2)N(C)C)c1. The summed E-state index contributed by atoms with van der Waals surface area (Å²) in [6.45, 7) is 7.56. The summed E-state index contributed by atoms with van der Waals surface area (Å²) in [6, 6.07) is 8.22. The fraction of sp³-hybridized carbons (Fsp3) is 0.682. The summed E-state index contributed by atoms with van der Waals surface area (Å²) in [5.74, 6) is 1.97. The number of ether oxygens (including phenoxy) is 1. The molecule has 4 heteroatoms. The van der Waals surface area contributed by atoms with Crippen molar-refractivity contribution in [1.29, 1.82) is 0 Å². The third-order valence-electron chi connectivity index (χ3n) is 5.89. The summed E-state index contributed by atoms with van der Waals surface area (Å²) in [5.41, 5.74) is 1.51. The van der Waals surface area contributed by atoms with Gasteiger partial charge in [0.1, 0.15) is 5.75 Å². The summed E-state index contributed by atoms with van der Waals surface area (Å²) in [6.07, 6.45) is 4.35. The van der Waals surface area contributed by atoms with E-state index in [0.29, 0.717) is 12.0 Å². The molecule has 1 aliphatic rings. The van der Waals surface area contributed by atoms with Crippen LogP contribution in [0.4, 0.5) is 0 Å². The van der Waals surface area contributed by atoms with Crippen LogP contribution in [0, 0.1) is 17.3 Å². The number of carbonyl (C=O) groups excluding carboxylic acids is 1. The van der Waals surface area contributed by atoms with E-state index >= 15 is 0 Å². The Hall–Kier alpha value is -1.55. The van der Waals surface area contributed by atoms with E-state index in [-0.39, 0.29) is 17.9 Å². The Balaban J connectivity index is 1.92. The number of rotatable bonds is 6. The fourth-order valence-corrected chi connectivity index (χ4v) is 4.01. The van der Waals surface area contributed by atoms with Gasteiger partial charge in [0, 0.05) is 12.5 Å². The Bertz CT molecular complexity index is 584. The summed E-state index contributed by atoms with van der Waals surface area (Å²) >= 11 is 0. The van der Waals surface area contributed by atoms with Gasteiger partial charge in [-0.1, -0.05) is 32.9 Å². The highest BCUT2D eigenvalue weighted by Gasteiger charge is 2.32. The predicted molar refractivity (Wildman–Crippen MR) is 107 cm³/mol. The molecule has 26 heavy (non-hydrogen) atoms. The van der Waals surface area contributed by atoms with Crippen molar-refractivity contribution in [3.63, 3.8) is 0 Å². The second-order valence-electron chi connectivity index (χ2n) is 8.92. The minimum Gasteiger partial charge on any atom is -0.497 e. The minimum absolute atomic E-state index is 0.139. The quantitative estimate of drug-likeness (QED) is 0.824. The third-order valence-corrected chi connectivity index (χ3v) is 5.89. The van der Waals surface area contributed by atoms with Crippen molar-refractivity contribution in [2.75, 3.05) is 27.7 Å². The van der Waals surface area contributed by atoms with Gasteiger partial charge in [0.2, 0.25) is 5.91 Å². The molecule has 1 saturated carbocycles. The number of carbonyl (C=O) groups is 1. The molecule has 0 bridgehead atoms. The van der Waals surface area contributed by atoms with Crippen LogP contribution >= 0.6 is 0 Å². The van der Waals surface area contributed by atoms with E-state index in [2.05, 4.69) is 37.1 Å². The van der Waals surface area contributed by atoms with Crippen molar-refractivity contribution in [3.8, 4) is 5.75 Å². The highest BCUT2D eigenvalue weighted by Crippen LogP contribution is 2.39. The van der Waals surface area contributed by atoms with Gasteiger partial charge in [-0.05, 0) is 68.8 Å². The average molecular weight is 361 g/mol. The zero-order valence-corrected chi connectivity index (χ0v) is 17.3. The first-order valence-corrected chi connectivity index (χ1v) is 9.80. The smallest absolute Gasteiger partial charge is 0.223 e. The molecule has 1 N–H and O–H groups in total. The average Bonchev–Trinajstić information content (AvgIpc) is 2.61. The number of benzene rings is 1. The maximum absolute atomic E-state index is 12.7. The molecule has 0 aromatic heterocycles. The van der Waals surface area contributed by atoms with Crippen molar-refractivity contribution in [2.24, 2.45) is 17.3 Å². The minimum atomic E-state index is 0.139. The molecule has 1 aromatic rings. The number of amides is 1. The summed E-state index contributed by atoms with van der Waals surface area (Å²) < 4.78 is 5.34. The van der Waals surface area contributed by atoms with Crippen molar-refractivity contribution >= 4 is 5.91 Å². The number of hydrogen-bond donors (Lipinski definition) is 1. The van der Waals surface area contributed by atoms with Crippen molar-refractivity contribution in [3.05, 3.63) is 29.8 Å². The predicted octanol–water partition coefficient (Wildman–Crippen LogP) is 4.27. The Labute approximate surface area is 159 Å². The molecule has 0 heterocycles. The topological polar surface area (TPSA) is 41.6 Å². The van der Waals surface area contributed by atoms with Crippen LogP contribution in [0.5, 0.6) is 5.75 Å². The Morgan fingerprint density at radius 1 is 1.23 bits per heavy atom. The van der Waals surface area contributed by atoms with Crippen molar-refractivity contribution in [1.82, 2.24) is 10.2 Å². The van der Waals surface area contributed by atoms with Crippen LogP contribution in [-0.4, -0.2) is 38.6 Å². The van der Waals surface area contributed by atoms with Gasteiger partial charge in [-0.2, -0.15) is 0 Å². The van der Waals surface area contributed by atoms with E-state index in [1.54, 1.807) is 7.11 Å². The fourth-order valence-electron chi connectivity index (χ4n) is 4.01. The monoisotopic (exact) mass is 360 g/mol. The molecule has 1 amide bonds. The van der Waals surface area contributed by atoms with Crippen LogP contribution in [-0.2, 0) is 4.79 Å². The van der Waals surface area contributed by atoms with Gasteiger partial charge >= 0.3 is 0 Å². The third kappa shape index (κ3) is 5.47. The van der Waals surface area contributed by atoms with Crippen LogP contribution in [0.25, 0.3) is 0 Å². The lowest BCUT2D eigenvalue weighted by Gasteiger charge is -2.36. The molecular formula is C22H36N2O2. The van der Waals surface area contributed by atoms with Gasteiger partial charge in [-0.25, -0.2) is 0 Å². The standard InChI is InChI=1S/C22H36N2O2/c1-22(2,3)18-12-10-16(11-13-18)21(25)23-15-20(24(4)5)17-8-7-9-19(14-17)26-6/h7-9,14,16,18,20H,10-13,15H2,1-6H3,(H,23,25)/t16?,18?,20-/m1/s1. The molecule has 1 atom stereocenters. The first-order valence-electron chi connectivity index (χ1n) is 9.80. The number of nitrogens with one attached hydrogen (secondary N) is 1. The molecule has 1 aliphatic carbocycles. The van der Waals surface area contributed by atoms with Crippen molar-refractivity contribution < 1.29 is 9.53 Å². The highest BCUT2D eigenvalue weighted by molar-refractivity contribution is 5.78. The van der Waals surface area contributed by atoms with Crippen LogP contribution in [0.1, 0.15) is 58.1 Å².